The summed E-state index contributed by atoms with van der Waals surface area (Å²) in [5, 5.41) is 6.51. The first-order chi connectivity index (χ1) is 12.6. The van der Waals surface area contributed by atoms with Crippen molar-refractivity contribution in [2.75, 3.05) is 10.6 Å². The van der Waals surface area contributed by atoms with Gasteiger partial charge in [-0.3, -0.25) is 0 Å². The topological polar surface area (TPSA) is 59.1 Å². The average molecular weight is 348 g/mol. The fourth-order valence-electron chi connectivity index (χ4n) is 2.48. The van der Waals surface area contributed by atoms with Crippen LogP contribution >= 0.6 is 0 Å². The summed E-state index contributed by atoms with van der Waals surface area (Å²) >= 11 is 0. The van der Waals surface area contributed by atoms with Crippen LogP contribution < -0.4 is 15.4 Å². The van der Waals surface area contributed by atoms with Crippen molar-refractivity contribution >= 4 is 23.1 Å². The van der Waals surface area contributed by atoms with Crippen molar-refractivity contribution in [3.63, 3.8) is 0 Å². The Morgan fingerprint density at radius 3 is 2.19 bits per heavy atom. The first-order valence-corrected chi connectivity index (χ1v) is 8.85. The molecular formula is C21H24N4O. The van der Waals surface area contributed by atoms with Gasteiger partial charge in [0.25, 0.3) is 0 Å². The van der Waals surface area contributed by atoms with E-state index in [4.69, 9.17) is 4.74 Å². The molecule has 0 aliphatic carbocycles. The summed E-state index contributed by atoms with van der Waals surface area (Å²) in [4.78, 5) is 8.79. The smallest absolute Gasteiger partial charge is 0.229 e. The lowest BCUT2D eigenvalue weighted by Gasteiger charge is -2.11. The SMILES string of the molecule is CCc1ccc(Nc2ccnc(Nc3ccc(OC(C)C)cc3)n2)cc1. The van der Waals surface area contributed by atoms with Gasteiger partial charge in [-0.05, 0) is 68.3 Å². The summed E-state index contributed by atoms with van der Waals surface area (Å²) in [5.41, 5.74) is 3.22. The largest absolute Gasteiger partial charge is 0.491 e. The van der Waals surface area contributed by atoms with Gasteiger partial charge in [-0.1, -0.05) is 19.1 Å². The number of hydrogen-bond donors (Lipinski definition) is 2. The minimum absolute atomic E-state index is 0.159. The van der Waals surface area contributed by atoms with Gasteiger partial charge in [-0.2, -0.15) is 4.98 Å². The van der Waals surface area contributed by atoms with Crippen LogP contribution in [-0.2, 0) is 6.42 Å². The molecule has 5 nitrogen and oxygen atoms in total. The zero-order valence-corrected chi connectivity index (χ0v) is 15.4. The van der Waals surface area contributed by atoms with E-state index in [1.54, 1.807) is 6.20 Å². The van der Waals surface area contributed by atoms with E-state index in [1.807, 2.05) is 44.2 Å². The zero-order valence-electron chi connectivity index (χ0n) is 15.4. The molecule has 134 valence electrons. The molecule has 0 fully saturated rings. The Hall–Kier alpha value is -3.08. The third-order valence-electron chi connectivity index (χ3n) is 3.77. The van der Waals surface area contributed by atoms with Crippen LogP contribution in [0.15, 0.2) is 60.8 Å². The maximum Gasteiger partial charge on any atom is 0.229 e. The maximum atomic E-state index is 5.65. The van der Waals surface area contributed by atoms with Crippen molar-refractivity contribution in [2.45, 2.75) is 33.3 Å². The Balaban J connectivity index is 1.66. The molecule has 0 saturated carbocycles. The predicted molar refractivity (Wildman–Crippen MR) is 107 cm³/mol. The molecule has 2 N–H and O–H groups in total. The van der Waals surface area contributed by atoms with E-state index in [-0.39, 0.29) is 6.10 Å². The second-order valence-corrected chi connectivity index (χ2v) is 6.26. The Bertz CT molecular complexity index is 829. The Morgan fingerprint density at radius 1 is 0.885 bits per heavy atom. The lowest BCUT2D eigenvalue weighted by molar-refractivity contribution is 0.242. The van der Waals surface area contributed by atoms with E-state index in [0.717, 1.165) is 29.4 Å². The van der Waals surface area contributed by atoms with Crippen LogP contribution in [0.1, 0.15) is 26.3 Å². The number of nitrogens with one attached hydrogen (secondary N) is 2. The number of nitrogens with zero attached hydrogens (tertiary/aromatic N) is 2. The van der Waals surface area contributed by atoms with Gasteiger partial charge in [-0.15, -0.1) is 0 Å². The Morgan fingerprint density at radius 2 is 1.54 bits per heavy atom. The summed E-state index contributed by atoms with van der Waals surface area (Å²) in [5.74, 6) is 2.13. The molecule has 0 radical (unpaired) electrons. The second kappa shape index (κ2) is 8.34. The Labute approximate surface area is 154 Å². The lowest BCUT2D eigenvalue weighted by atomic mass is 10.1. The van der Waals surface area contributed by atoms with Crippen LogP contribution in [-0.4, -0.2) is 16.1 Å². The summed E-state index contributed by atoms with van der Waals surface area (Å²) < 4.78 is 5.65. The van der Waals surface area contributed by atoms with Crippen LogP contribution in [0.25, 0.3) is 0 Å². The standard InChI is InChI=1S/C21H24N4O/c1-4-16-5-7-17(8-6-16)23-20-13-14-22-21(25-20)24-18-9-11-19(12-10-18)26-15(2)3/h5-15H,4H2,1-3H3,(H2,22,23,24,25). The van der Waals surface area contributed by atoms with Crippen LogP contribution in [0.4, 0.5) is 23.1 Å². The molecule has 0 atom stereocenters. The maximum absolute atomic E-state index is 5.65. The second-order valence-electron chi connectivity index (χ2n) is 6.26. The number of hydrogen-bond acceptors (Lipinski definition) is 5. The summed E-state index contributed by atoms with van der Waals surface area (Å²) in [7, 11) is 0. The number of aromatic nitrogens is 2. The van der Waals surface area contributed by atoms with E-state index >= 15 is 0 Å². The van der Waals surface area contributed by atoms with Crippen molar-refractivity contribution in [1.82, 2.24) is 9.97 Å². The molecule has 3 rings (SSSR count). The van der Waals surface area contributed by atoms with Gasteiger partial charge < -0.3 is 15.4 Å². The molecule has 5 heteroatoms. The first kappa shape index (κ1) is 17.7. The van der Waals surface area contributed by atoms with Crippen molar-refractivity contribution in [2.24, 2.45) is 0 Å². The molecule has 0 aliphatic rings. The highest BCUT2D eigenvalue weighted by atomic mass is 16.5. The normalized spacial score (nSPS) is 10.6. The Kier molecular flexibility index (Phi) is 5.69. The van der Waals surface area contributed by atoms with Gasteiger partial charge in [0.15, 0.2) is 0 Å². The van der Waals surface area contributed by atoms with Crippen molar-refractivity contribution in [3.8, 4) is 5.75 Å². The monoisotopic (exact) mass is 348 g/mol. The molecule has 2 aromatic carbocycles. The van der Waals surface area contributed by atoms with Gasteiger partial charge >= 0.3 is 0 Å². The molecule has 0 saturated heterocycles. The van der Waals surface area contributed by atoms with Gasteiger partial charge in [0.1, 0.15) is 11.6 Å². The molecule has 0 spiro atoms. The summed E-state index contributed by atoms with van der Waals surface area (Å²) in [6.07, 6.45) is 2.92. The van der Waals surface area contributed by atoms with E-state index in [0.29, 0.717) is 5.95 Å². The van der Waals surface area contributed by atoms with Gasteiger partial charge in [0, 0.05) is 17.6 Å². The summed E-state index contributed by atoms with van der Waals surface area (Å²) in [6, 6.07) is 17.9. The van der Waals surface area contributed by atoms with Gasteiger partial charge in [-0.25, -0.2) is 4.98 Å². The minimum Gasteiger partial charge on any atom is -0.491 e. The number of anilines is 4. The molecule has 0 bridgehead atoms. The van der Waals surface area contributed by atoms with Crippen molar-refractivity contribution in [1.29, 1.82) is 0 Å². The molecule has 1 heterocycles. The molecule has 0 aliphatic heterocycles. The van der Waals surface area contributed by atoms with Crippen LogP contribution in [0.5, 0.6) is 5.75 Å². The molecule has 3 aromatic rings. The molecular weight excluding hydrogens is 324 g/mol. The number of ether oxygens (including phenoxy) is 1. The molecule has 1 aromatic heterocycles. The van der Waals surface area contributed by atoms with Crippen molar-refractivity contribution in [3.05, 3.63) is 66.4 Å². The van der Waals surface area contributed by atoms with Gasteiger partial charge in [0.2, 0.25) is 5.95 Å². The van der Waals surface area contributed by atoms with E-state index in [9.17, 15) is 0 Å². The molecule has 26 heavy (non-hydrogen) atoms. The zero-order chi connectivity index (χ0) is 18.4. The summed E-state index contributed by atoms with van der Waals surface area (Å²) in [6.45, 7) is 6.16. The van der Waals surface area contributed by atoms with E-state index in [1.165, 1.54) is 5.56 Å². The van der Waals surface area contributed by atoms with Crippen LogP contribution in [0.2, 0.25) is 0 Å². The quantitative estimate of drug-likeness (QED) is 0.606. The van der Waals surface area contributed by atoms with Gasteiger partial charge in [0.05, 0.1) is 6.10 Å². The average Bonchev–Trinajstić information content (AvgIpc) is 2.64. The first-order valence-electron chi connectivity index (χ1n) is 8.85. The van der Waals surface area contributed by atoms with E-state index < -0.39 is 0 Å². The van der Waals surface area contributed by atoms with Crippen molar-refractivity contribution < 1.29 is 4.74 Å². The number of rotatable bonds is 7. The van der Waals surface area contributed by atoms with Crippen LogP contribution in [0.3, 0.4) is 0 Å². The molecule has 0 unspecified atom stereocenters. The number of benzene rings is 2. The molecule has 0 amide bonds. The minimum atomic E-state index is 0.159. The highest BCUT2D eigenvalue weighted by molar-refractivity contribution is 5.60. The third-order valence-corrected chi connectivity index (χ3v) is 3.77. The highest BCUT2D eigenvalue weighted by Crippen LogP contribution is 2.21. The fourth-order valence-corrected chi connectivity index (χ4v) is 2.48. The third kappa shape index (κ3) is 4.96. The van der Waals surface area contributed by atoms with E-state index in [2.05, 4.69) is 51.8 Å². The predicted octanol–water partition coefficient (Wildman–Crippen LogP) is 5.31. The van der Waals surface area contributed by atoms with Crippen LogP contribution in [0, 0.1) is 0 Å². The lowest BCUT2D eigenvalue weighted by Crippen LogP contribution is -2.05. The number of aryl methyl sites for hydroxylation is 1. The fraction of sp³-hybridized carbons (Fsp3) is 0.238. The highest BCUT2D eigenvalue weighted by Gasteiger charge is 2.03.